The molecule has 0 radical (unpaired) electrons. The predicted octanol–water partition coefficient (Wildman–Crippen LogP) is 7.08. The number of urea groups is 1. The number of hydrogen-bond donors (Lipinski definition) is 2. The number of benzene rings is 3. The van der Waals surface area contributed by atoms with Gasteiger partial charge in [-0.05, 0) is 54.1 Å². The molecule has 1 fully saturated rings. The second kappa shape index (κ2) is 11.3. The zero-order chi connectivity index (χ0) is 29.3. The molecule has 3 atom stereocenters. The second-order valence-corrected chi connectivity index (χ2v) is 10.8. The molecule has 2 heterocycles. The Labute approximate surface area is 244 Å². The molecule has 2 amide bonds. The van der Waals surface area contributed by atoms with Gasteiger partial charge in [0.2, 0.25) is 0 Å². The molecule has 8 nitrogen and oxygen atoms in total. The summed E-state index contributed by atoms with van der Waals surface area (Å²) in [6, 6.07) is 15.5. The number of aromatic nitrogens is 4. The number of nitrogens with zero attached hydrogens (tertiary/aromatic N) is 5. The third-order valence-electron chi connectivity index (χ3n) is 7.23. The molecule has 1 aliphatic rings. The number of nitriles is 1. The van der Waals surface area contributed by atoms with E-state index < -0.39 is 35.0 Å². The number of carbonyl (C=O) groups excluding carboxylic acids is 1. The molecule has 3 aromatic carbocycles. The molecule has 5 rings (SSSR count). The number of allylic oxidation sites excluding steroid dienone is 1. The van der Waals surface area contributed by atoms with Crippen molar-refractivity contribution in [2.24, 2.45) is 5.92 Å². The van der Waals surface area contributed by atoms with Crippen LogP contribution in [0.2, 0.25) is 10.0 Å². The summed E-state index contributed by atoms with van der Waals surface area (Å²) >= 11 is 12.2. The Morgan fingerprint density at radius 1 is 1.22 bits per heavy atom. The summed E-state index contributed by atoms with van der Waals surface area (Å²) in [5, 5.41) is 27.3. The maximum atomic E-state index is 15.7. The first kappa shape index (κ1) is 28.2. The Kier molecular flexibility index (Phi) is 7.76. The van der Waals surface area contributed by atoms with Crippen LogP contribution in [0.25, 0.3) is 11.4 Å². The molecule has 2 N–H and O–H groups in total. The minimum atomic E-state index is -1.72. The van der Waals surface area contributed by atoms with E-state index in [4.69, 9.17) is 23.2 Å². The Hall–Kier alpha value is -4.33. The standard InChI is InChI=1S/C29H23Cl2F2N7O/c1-16(2)11-18-14-40(28(41)35-20-6-3-5-17(12-20)27-36-38-39-37-27)26(21-7-4-8-23(31)25(21)33)29(18,15-34)22-10-9-19(30)13-24(22)32/h3-10,12-13,18,26H,1,11,14H2,2H3,(H,35,41)(H,36,37,38,39)/t18-,26-,29-/m1/s1. The van der Waals surface area contributed by atoms with Gasteiger partial charge in [0, 0.05) is 39.9 Å². The first-order valence-corrected chi connectivity index (χ1v) is 13.3. The van der Waals surface area contributed by atoms with Crippen LogP contribution >= 0.6 is 23.2 Å². The number of nitrogens with one attached hydrogen (secondary N) is 2. The van der Waals surface area contributed by atoms with Crippen molar-refractivity contribution in [3.63, 3.8) is 0 Å². The highest BCUT2D eigenvalue weighted by Crippen LogP contribution is 2.55. The number of H-pyrrole nitrogens is 1. The average molecular weight is 594 g/mol. The smallest absolute Gasteiger partial charge is 0.315 e. The van der Waals surface area contributed by atoms with E-state index in [0.717, 1.165) is 6.07 Å². The van der Waals surface area contributed by atoms with Gasteiger partial charge in [-0.1, -0.05) is 59.1 Å². The predicted molar refractivity (Wildman–Crippen MR) is 151 cm³/mol. The first-order chi connectivity index (χ1) is 19.6. The highest BCUT2D eigenvalue weighted by Gasteiger charge is 2.59. The zero-order valence-corrected chi connectivity index (χ0v) is 23.2. The summed E-state index contributed by atoms with van der Waals surface area (Å²) in [4.78, 5) is 15.3. The van der Waals surface area contributed by atoms with E-state index in [1.807, 2.05) is 0 Å². The van der Waals surface area contributed by atoms with Crippen molar-refractivity contribution in [2.75, 3.05) is 11.9 Å². The highest BCUT2D eigenvalue weighted by atomic mass is 35.5. The molecule has 4 aromatic rings. The van der Waals surface area contributed by atoms with E-state index >= 15 is 8.78 Å². The minimum absolute atomic E-state index is 0.00332. The summed E-state index contributed by atoms with van der Waals surface area (Å²) in [6.07, 6.45) is 0.270. The largest absolute Gasteiger partial charge is 0.322 e. The van der Waals surface area contributed by atoms with Crippen molar-refractivity contribution < 1.29 is 13.6 Å². The van der Waals surface area contributed by atoms with Crippen LogP contribution in [0.3, 0.4) is 0 Å². The maximum Gasteiger partial charge on any atom is 0.322 e. The van der Waals surface area contributed by atoms with Crippen molar-refractivity contribution in [1.29, 1.82) is 5.26 Å². The average Bonchev–Trinajstić information content (AvgIpc) is 3.58. The van der Waals surface area contributed by atoms with E-state index in [9.17, 15) is 10.1 Å². The molecule has 1 saturated heterocycles. The number of rotatable bonds is 6. The molecule has 208 valence electrons. The van der Waals surface area contributed by atoms with Crippen molar-refractivity contribution >= 4 is 34.9 Å². The van der Waals surface area contributed by atoms with Gasteiger partial charge in [0.15, 0.2) is 5.82 Å². The van der Waals surface area contributed by atoms with Crippen molar-refractivity contribution in [3.05, 3.63) is 106 Å². The number of tetrazole rings is 1. The number of halogens is 4. The lowest BCUT2D eigenvalue weighted by Gasteiger charge is -2.36. The van der Waals surface area contributed by atoms with Gasteiger partial charge in [0.05, 0.1) is 17.1 Å². The van der Waals surface area contributed by atoms with Crippen LogP contribution in [0.15, 0.2) is 72.8 Å². The van der Waals surface area contributed by atoms with Crippen LogP contribution in [-0.4, -0.2) is 38.1 Å². The van der Waals surface area contributed by atoms with Crippen LogP contribution in [0.1, 0.15) is 30.5 Å². The molecule has 0 saturated carbocycles. The molecule has 0 bridgehead atoms. The minimum Gasteiger partial charge on any atom is -0.315 e. The lowest BCUT2D eigenvalue weighted by atomic mass is 9.65. The lowest BCUT2D eigenvalue weighted by Crippen LogP contribution is -2.41. The van der Waals surface area contributed by atoms with Gasteiger partial charge in [0.25, 0.3) is 0 Å². The summed E-state index contributed by atoms with van der Waals surface area (Å²) < 4.78 is 31.4. The number of carbonyl (C=O) groups is 1. The van der Waals surface area contributed by atoms with Crippen LogP contribution in [0, 0.1) is 28.9 Å². The Balaban J connectivity index is 1.66. The number of likely N-dealkylation sites (tertiary alicyclic amines) is 1. The number of aromatic amines is 1. The molecular formula is C29H23Cl2F2N7O. The Morgan fingerprint density at radius 3 is 2.68 bits per heavy atom. The molecule has 0 aliphatic carbocycles. The number of anilines is 1. The molecule has 1 aromatic heterocycles. The SMILES string of the molecule is C=C(C)C[C@@H]1CN(C(=O)Nc2cccc(-c3nnn[nH]3)c2)[C@H](c2cccc(Cl)c2F)[C@@]1(C#N)c1ccc(Cl)cc1F. The second-order valence-electron chi connectivity index (χ2n) is 9.92. The van der Waals surface area contributed by atoms with Gasteiger partial charge in [-0.15, -0.1) is 11.7 Å². The fourth-order valence-corrected chi connectivity index (χ4v) is 5.91. The third-order valence-corrected chi connectivity index (χ3v) is 7.76. The Morgan fingerprint density at radius 2 is 2.00 bits per heavy atom. The van der Waals surface area contributed by atoms with Gasteiger partial charge in [0.1, 0.15) is 17.0 Å². The molecule has 41 heavy (non-hydrogen) atoms. The van der Waals surface area contributed by atoms with E-state index in [2.05, 4.69) is 38.6 Å². The van der Waals surface area contributed by atoms with Gasteiger partial charge >= 0.3 is 6.03 Å². The topological polar surface area (TPSA) is 111 Å². The van der Waals surface area contributed by atoms with E-state index in [1.165, 1.54) is 35.2 Å². The molecular weight excluding hydrogens is 571 g/mol. The first-order valence-electron chi connectivity index (χ1n) is 12.5. The van der Waals surface area contributed by atoms with Gasteiger partial charge in [-0.3, -0.25) is 0 Å². The van der Waals surface area contributed by atoms with Gasteiger partial charge in [-0.2, -0.15) is 5.26 Å². The van der Waals surface area contributed by atoms with Crippen molar-refractivity contribution in [3.8, 4) is 17.5 Å². The van der Waals surface area contributed by atoms with Crippen LogP contribution in [-0.2, 0) is 5.41 Å². The number of amides is 2. The van der Waals surface area contributed by atoms with E-state index in [-0.39, 0.29) is 34.1 Å². The van der Waals surface area contributed by atoms with Gasteiger partial charge in [-0.25, -0.2) is 18.7 Å². The molecule has 0 spiro atoms. The quantitative estimate of drug-likeness (QED) is 0.232. The summed E-state index contributed by atoms with van der Waals surface area (Å²) in [7, 11) is 0. The van der Waals surface area contributed by atoms with Crippen LogP contribution in [0.4, 0.5) is 19.3 Å². The van der Waals surface area contributed by atoms with Crippen LogP contribution in [0.5, 0.6) is 0 Å². The summed E-state index contributed by atoms with van der Waals surface area (Å²) in [5.41, 5.74) is -0.0160. The maximum absolute atomic E-state index is 15.7. The zero-order valence-electron chi connectivity index (χ0n) is 21.7. The molecule has 12 heteroatoms. The van der Waals surface area contributed by atoms with E-state index in [1.54, 1.807) is 31.2 Å². The lowest BCUT2D eigenvalue weighted by molar-refractivity contribution is 0.198. The molecule has 1 aliphatic heterocycles. The monoisotopic (exact) mass is 593 g/mol. The van der Waals surface area contributed by atoms with Crippen molar-refractivity contribution in [1.82, 2.24) is 25.5 Å². The third kappa shape index (κ3) is 5.14. The Bertz CT molecular complexity index is 1670. The fraction of sp³-hybridized carbons (Fsp3) is 0.207. The van der Waals surface area contributed by atoms with Crippen molar-refractivity contribution in [2.45, 2.75) is 24.8 Å². The van der Waals surface area contributed by atoms with E-state index in [0.29, 0.717) is 22.6 Å². The number of hydrogen-bond acceptors (Lipinski definition) is 5. The van der Waals surface area contributed by atoms with Crippen LogP contribution < -0.4 is 5.32 Å². The molecule has 0 unspecified atom stereocenters. The van der Waals surface area contributed by atoms with Gasteiger partial charge < -0.3 is 10.2 Å². The highest BCUT2D eigenvalue weighted by molar-refractivity contribution is 6.31. The normalized spacial score (nSPS) is 20.0. The fourth-order valence-electron chi connectivity index (χ4n) is 5.57. The summed E-state index contributed by atoms with van der Waals surface area (Å²) in [6.45, 7) is 5.77. The summed E-state index contributed by atoms with van der Waals surface area (Å²) in [5.74, 6) is -1.80.